The van der Waals surface area contributed by atoms with Gasteiger partial charge in [-0.15, -0.1) is 0 Å². The van der Waals surface area contributed by atoms with Crippen molar-refractivity contribution in [3.05, 3.63) is 42.0 Å². The summed E-state index contributed by atoms with van der Waals surface area (Å²) in [6, 6.07) is 11.1. The maximum atomic E-state index is 11.1. The van der Waals surface area contributed by atoms with Gasteiger partial charge in [0, 0.05) is 5.56 Å². The maximum absolute atomic E-state index is 11.1. The number of ether oxygens (including phenoxy) is 1. The van der Waals surface area contributed by atoms with Crippen molar-refractivity contribution in [3.8, 4) is 6.07 Å². The largest absolute Gasteiger partial charge is 0.425 e. The molecular formula is C11H7NO2. The Hall–Kier alpha value is -2.08. The van der Waals surface area contributed by atoms with Gasteiger partial charge in [0.1, 0.15) is 5.76 Å². The quantitative estimate of drug-likeness (QED) is 0.626. The molecule has 1 unspecified atom stereocenters. The molecule has 14 heavy (non-hydrogen) atoms. The second kappa shape index (κ2) is 3.35. The van der Waals surface area contributed by atoms with Crippen molar-refractivity contribution in [1.82, 2.24) is 0 Å². The Labute approximate surface area is 81.2 Å². The van der Waals surface area contributed by atoms with Gasteiger partial charge in [-0.25, -0.2) is 4.79 Å². The second-order valence-corrected chi connectivity index (χ2v) is 2.92. The van der Waals surface area contributed by atoms with E-state index in [0.29, 0.717) is 5.76 Å². The van der Waals surface area contributed by atoms with E-state index in [2.05, 4.69) is 0 Å². The first-order valence-corrected chi connectivity index (χ1v) is 4.20. The molecule has 3 nitrogen and oxygen atoms in total. The van der Waals surface area contributed by atoms with Crippen LogP contribution in [0, 0.1) is 17.2 Å². The molecule has 0 saturated carbocycles. The summed E-state index contributed by atoms with van der Waals surface area (Å²) in [7, 11) is 0. The summed E-state index contributed by atoms with van der Waals surface area (Å²) in [6.45, 7) is 0. The number of rotatable bonds is 1. The minimum Gasteiger partial charge on any atom is -0.425 e. The number of carbonyl (C=O) groups excluding carboxylic acids is 1. The lowest BCUT2D eigenvalue weighted by molar-refractivity contribution is -0.136. The standard InChI is InChI=1S/C11H7NO2/c12-7-9-6-10(14-11(9)13)8-4-2-1-3-5-8/h1-6,9H. The zero-order valence-corrected chi connectivity index (χ0v) is 7.31. The molecule has 0 fully saturated rings. The van der Waals surface area contributed by atoms with Gasteiger partial charge in [-0.2, -0.15) is 5.26 Å². The van der Waals surface area contributed by atoms with Gasteiger partial charge in [0.15, 0.2) is 5.92 Å². The van der Waals surface area contributed by atoms with Crippen LogP contribution in [0.4, 0.5) is 0 Å². The monoisotopic (exact) mass is 185 g/mol. The molecular weight excluding hydrogens is 178 g/mol. The Morgan fingerprint density at radius 3 is 2.57 bits per heavy atom. The lowest BCUT2D eigenvalue weighted by Gasteiger charge is -2.00. The zero-order valence-electron chi connectivity index (χ0n) is 7.31. The molecule has 1 heterocycles. The predicted octanol–water partition coefficient (Wildman–Crippen LogP) is 1.72. The molecule has 0 bridgehead atoms. The third-order valence-corrected chi connectivity index (χ3v) is 1.98. The van der Waals surface area contributed by atoms with Crippen molar-refractivity contribution in [3.63, 3.8) is 0 Å². The highest BCUT2D eigenvalue weighted by molar-refractivity contribution is 5.89. The van der Waals surface area contributed by atoms with Crippen LogP contribution in [0.5, 0.6) is 0 Å². The maximum Gasteiger partial charge on any atom is 0.332 e. The van der Waals surface area contributed by atoms with E-state index < -0.39 is 11.9 Å². The van der Waals surface area contributed by atoms with Gasteiger partial charge in [0.25, 0.3) is 0 Å². The number of nitrogens with zero attached hydrogens (tertiary/aromatic N) is 1. The fourth-order valence-electron chi connectivity index (χ4n) is 1.27. The zero-order chi connectivity index (χ0) is 9.97. The first-order chi connectivity index (χ1) is 6.81. The van der Waals surface area contributed by atoms with E-state index in [9.17, 15) is 4.79 Å². The molecule has 0 spiro atoms. The van der Waals surface area contributed by atoms with E-state index in [1.54, 1.807) is 0 Å². The highest BCUT2D eigenvalue weighted by atomic mass is 16.5. The van der Waals surface area contributed by atoms with Gasteiger partial charge >= 0.3 is 5.97 Å². The smallest absolute Gasteiger partial charge is 0.332 e. The molecule has 0 saturated heterocycles. The third-order valence-electron chi connectivity index (χ3n) is 1.98. The van der Waals surface area contributed by atoms with Gasteiger partial charge in [0.2, 0.25) is 0 Å². The number of cyclic esters (lactones) is 1. The SMILES string of the molecule is N#CC1C=C(c2ccccc2)OC1=O. The highest BCUT2D eigenvalue weighted by Crippen LogP contribution is 2.25. The summed E-state index contributed by atoms with van der Waals surface area (Å²) in [5.74, 6) is -0.779. The van der Waals surface area contributed by atoms with E-state index in [0.717, 1.165) is 5.56 Å². The minimum absolute atomic E-state index is 0.474. The summed E-state index contributed by atoms with van der Waals surface area (Å²) in [5.41, 5.74) is 0.818. The fourth-order valence-corrected chi connectivity index (χ4v) is 1.27. The summed E-state index contributed by atoms with van der Waals surface area (Å²) in [5, 5.41) is 8.61. The number of esters is 1. The predicted molar refractivity (Wildman–Crippen MR) is 49.6 cm³/mol. The average molecular weight is 185 g/mol. The number of benzene rings is 1. The van der Waals surface area contributed by atoms with Crippen LogP contribution in [-0.4, -0.2) is 5.97 Å². The molecule has 68 valence electrons. The highest BCUT2D eigenvalue weighted by Gasteiger charge is 2.27. The fraction of sp³-hybridized carbons (Fsp3) is 0.0909. The molecule has 1 aromatic rings. The Balaban J connectivity index is 2.32. The Morgan fingerprint density at radius 2 is 2.00 bits per heavy atom. The second-order valence-electron chi connectivity index (χ2n) is 2.92. The lowest BCUT2D eigenvalue weighted by Crippen LogP contribution is -2.04. The summed E-state index contributed by atoms with van der Waals surface area (Å²) < 4.78 is 4.95. The van der Waals surface area contributed by atoms with Crippen molar-refractivity contribution >= 4 is 11.7 Å². The van der Waals surface area contributed by atoms with E-state index >= 15 is 0 Å². The van der Waals surface area contributed by atoms with Gasteiger partial charge in [-0.3, -0.25) is 0 Å². The lowest BCUT2D eigenvalue weighted by atomic mass is 10.1. The Bertz CT molecular complexity index is 428. The van der Waals surface area contributed by atoms with Crippen molar-refractivity contribution in [2.75, 3.05) is 0 Å². The van der Waals surface area contributed by atoms with E-state index in [1.807, 2.05) is 36.4 Å². The summed E-state index contributed by atoms with van der Waals surface area (Å²) in [4.78, 5) is 11.1. The van der Waals surface area contributed by atoms with E-state index in [1.165, 1.54) is 6.08 Å². The molecule has 0 aromatic heterocycles. The van der Waals surface area contributed by atoms with Crippen molar-refractivity contribution < 1.29 is 9.53 Å². The third kappa shape index (κ3) is 1.38. The van der Waals surface area contributed by atoms with Crippen LogP contribution in [-0.2, 0) is 9.53 Å². The van der Waals surface area contributed by atoms with Crippen LogP contribution in [0.1, 0.15) is 5.56 Å². The molecule has 0 N–H and O–H groups in total. The molecule has 3 heteroatoms. The van der Waals surface area contributed by atoms with E-state index in [4.69, 9.17) is 10.00 Å². The first kappa shape index (κ1) is 8.52. The molecule has 1 aliphatic rings. The molecule has 2 rings (SSSR count). The van der Waals surface area contributed by atoms with Crippen molar-refractivity contribution in [2.24, 2.45) is 5.92 Å². The van der Waals surface area contributed by atoms with Crippen LogP contribution < -0.4 is 0 Å². The molecule has 1 aromatic carbocycles. The molecule has 0 aliphatic carbocycles. The van der Waals surface area contributed by atoms with Crippen molar-refractivity contribution in [1.29, 1.82) is 5.26 Å². The molecule has 0 amide bonds. The van der Waals surface area contributed by atoms with Gasteiger partial charge in [-0.1, -0.05) is 30.3 Å². The minimum atomic E-state index is -0.759. The van der Waals surface area contributed by atoms with Crippen LogP contribution in [0.25, 0.3) is 5.76 Å². The number of carbonyl (C=O) groups is 1. The molecule has 1 atom stereocenters. The average Bonchev–Trinajstić information content (AvgIpc) is 2.61. The van der Waals surface area contributed by atoms with Gasteiger partial charge < -0.3 is 4.74 Å². The van der Waals surface area contributed by atoms with Crippen LogP contribution >= 0.6 is 0 Å². The van der Waals surface area contributed by atoms with Gasteiger partial charge in [-0.05, 0) is 6.08 Å². The Kier molecular flexibility index (Phi) is 2.04. The van der Waals surface area contributed by atoms with E-state index in [-0.39, 0.29) is 0 Å². The van der Waals surface area contributed by atoms with Crippen LogP contribution in [0.3, 0.4) is 0 Å². The number of hydrogen-bond donors (Lipinski definition) is 0. The number of hydrogen-bond acceptors (Lipinski definition) is 3. The van der Waals surface area contributed by atoms with Crippen LogP contribution in [0.2, 0.25) is 0 Å². The van der Waals surface area contributed by atoms with Gasteiger partial charge in [0.05, 0.1) is 6.07 Å². The number of nitriles is 1. The summed E-state index contributed by atoms with van der Waals surface area (Å²) in [6.07, 6.45) is 1.54. The summed E-state index contributed by atoms with van der Waals surface area (Å²) >= 11 is 0. The Morgan fingerprint density at radius 1 is 1.29 bits per heavy atom. The molecule has 0 radical (unpaired) electrons. The first-order valence-electron chi connectivity index (χ1n) is 4.20. The topological polar surface area (TPSA) is 50.1 Å². The van der Waals surface area contributed by atoms with Crippen LogP contribution in [0.15, 0.2) is 36.4 Å². The van der Waals surface area contributed by atoms with Crippen molar-refractivity contribution in [2.45, 2.75) is 0 Å². The molecule has 1 aliphatic heterocycles. The normalized spacial score (nSPS) is 19.8.